The summed E-state index contributed by atoms with van der Waals surface area (Å²) >= 11 is 0. The lowest BCUT2D eigenvalue weighted by Crippen LogP contribution is -2.32. The number of rotatable bonds is 7. The van der Waals surface area contributed by atoms with E-state index in [0.717, 1.165) is 45.3 Å². The molecule has 5 heteroatoms. The molecule has 24 heavy (non-hydrogen) atoms. The number of likely N-dealkylation sites (tertiary alicyclic amines) is 1. The molecule has 0 radical (unpaired) electrons. The molecule has 2 amide bonds. The first-order valence-electron chi connectivity index (χ1n) is 9.10. The Bertz CT molecular complexity index is 537. The fraction of sp³-hybridized carbons (Fsp3) is 0.579. The second kappa shape index (κ2) is 10.1. The Labute approximate surface area is 144 Å². The van der Waals surface area contributed by atoms with Gasteiger partial charge in [-0.25, -0.2) is 0 Å². The van der Waals surface area contributed by atoms with Gasteiger partial charge in [-0.1, -0.05) is 32.3 Å². The number of carbonyl (C=O) groups is 2. The molecule has 0 atom stereocenters. The van der Waals surface area contributed by atoms with Crippen molar-refractivity contribution in [3.8, 4) is 0 Å². The Morgan fingerprint density at radius 2 is 1.88 bits per heavy atom. The van der Waals surface area contributed by atoms with Crippen LogP contribution >= 0.6 is 0 Å². The monoisotopic (exact) mass is 331 g/mol. The van der Waals surface area contributed by atoms with Crippen LogP contribution in [0.25, 0.3) is 0 Å². The van der Waals surface area contributed by atoms with Gasteiger partial charge in [-0.2, -0.15) is 0 Å². The van der Waals surface area contributed by atoms with Gasteiger partial charge in [-0.05, 0) is 44.0 Å². The summed E-state index contributed by atoms with van der Waals surface area (Å²) in [6.45, 7) is 4.92. The second-order valence-electron chi connectivity index (χ2n) is 6.37. The Balaban J connectivity index is 1.90. The molecule has 0 saturated carbocycles. The quantitative estimate of drug-likeness (QED) is 0.755. The van der Waals surface area contributed by atoms with Crippen molar-refractivity contribution in [2.75, 3.05) is 31.5 Å². The van der Waals surface area contributed by atoms with Gasteiger partial charge in [0.05, 0.1) is 6.54 Å². The lowest BCUT2D eigenvalue weighted by molar-refractivity contribution is -0.115. The summed E-state index contributed by atoms with van der Waals surface area (Å²) in [4.78, 5) is 26.5. The number of amides is 2. The van der Waals surface area contributed by atoms with Crippen LogP contribution in [0.1, 0.15) is 55.8 Å². The van der Waals surface area contributed by atoms with Crippen molar-refractivity contribution < 1.29 is 9.59 Å². The first-order valence-corrected chi connectivity index (χ1v) is 9.10. The first kappa shape index (κ1) is 18.5. The van der Waals surface area contributed by atoms with Crippen molar-refractivity contribution in [2.45, 2.75) is 45.4 Å². The zero-order valence-electron chi connectivity index (χ0n) is 14.6. The highest BCUT2D eigenvalue weighted by molar-refractivity contribution is 5.97. The van der Waals surface area contributed by atoms with Gasteiger partial charge < -0.3 is 15.5 Å². The molecular weight excluding hydrogens is 302 g/mol. The summed E-state index contributed by atoms with van der Waals surface area (Å²) in [6.07, 6.45) is 6.72. The number of anilines is 1. The van der Waals surface area contributed by atoms with E-state index in [1.807, 2.05) is 23.1 Å². The number of nitrogens with zero attached hydrogens (tertiary/aromatic N) is 1. The predicted molar refractivity (Wildman–Crippen MR) is 97.2 cm³/mol. The van der Waals surface area contributed by atoms with Gasteiger partial charge in [-0.3, -0.25) is 9.59 Å². The summed E-state index contributed by atoms with van der Waals surface area (Å²) in [7, 11) is 0. The first-order chi connectivity index (χ1) is 11.7. The topological polar surface area (TPSA) is 61.4 Å². The van der Waals surface area contributed by atoms with Gasteiger partial charge in [0.2, 0.25) is 5.91 Å². The molecule has 0 unspecified atom stereocenters. The third kappa shape index (κ3) is 5.96. The lowest BCUT2D eigenvalue weighted by atomic mass is 10.1. The van der Waals surface area contributed by atoms with Crippen LogP contribution in [0.5, 0.6) is 0 Å². The van der Waals surface area contributed by atoms with Crippen LogP contribution in [-0.4, -0.2) is 42.9 Å². The zero-order chi connectivity index (χ0) is 17.2. The molecule has 0 bridgehead atoms. The zero-order valence-corrected chi connectivity index (χ0v) is 14.6. The number of nitrogens with one attached hydrogen (secondary N) is 2. The van der Waals surface area contributed by atoms with Crippen molar-refractivity contribution in [1.29, 1.82) is 0 Å². The summed E-state index contributed by atoms with van der Waals surface area (Å²) in [5, 5.41) is 5.97. The minimum atomic E-state index is -0.0783. The van der Waals surface area contributed by atoms with E-state index in [-0.39, 0.29) is 11.8 Å². The lowest BCUT2D eigenvalue weighted by Gasteiger charge is -2.20. The van der Waals surface area contributed by atoms with Crippen molar-refractivity contribution in [2.24, 2.45) is 0 Å². The summed E-state index contributed by atoms with van der Waals surface area (Å²) < 4.78 is 0. The molecular formula is C19H29N3O2. The Kier molecular flexibility index (Phi) is 7.75. The highest BCUT2D eigenvalue weighted by atomic mass is 16.2. The van der Waals surface area contributed by atoms with E-state index in [9.17, 15) is 9.59 Å². The molecule has 132 valence electrons. The van der Waals surface area contributed by atoms with E-state index in [2.05, 4.69) is 17.6 Å². The van der Waals surface area contributed by atoms with E-state index in [1.165, 1.54) is 12.8 Å². The molecule has 2 N–H and O–H groups in total. The van der Waals surface area contributed by atoms with E-state index in [0.29, 0.717) is 17.8 Å². The third-order valence-electron chi connectivity index (χ3n) is 4.28. The molecule has 0 spiro atoms. The van der Waals surface area contributed by atoms with Gasteiger partial charge in [0.1, 0.15) is 0 Å². The van der Waals surface area contributed by atoms with E-state index >= 15 is 0 Å². The van der Waals surface area contributed by atoms with E-state index < -0.39 is 0 Å². The molecule has 1 saturated heterocycles. The standard InChI is InChI=1S/C19H29N3O2/c1-2-3-11-20-15-18(23)21-17-10-8-9-16(14-17)19(24)22-12-6-4-5-7-13-22/h8-10,14,20H,2-7,11-13,15H2,1H3,(H,21,23). The van der Waals surface area contributed by atoms with Gasteiger partial charge in [0.25, 0.3) is 5.91 Å². The average molecular weight is 331 g/mol. The predicted octanol–water partition coefficient (Wildman–Crippen LogP) is 3.03. The fourth-order valence-electron chi connectivity index (χ4n) is 2.90. The molecule has 5 nitrogen and oxygen atoms in total. The third-order valence-corrected chi connectivity index (χ3v) is 4.28. The molecule has 1 aromatic carbocycles. The van der Waals surface area contributed by atoms with Crippen molar-refractivity contribution in [1.82, 2.24) is 10.2 Å². The van der Waals surface area contributed by atoms with Crippen molar-refractivity contribution >= 4 is 17.5 Å². The summed E-state index contributed by atoms with van der Waals surface area (Å²) in [5.74, 6) is -0.0143. The Morgan fingerprint density at radius 3 is 2.58 bits per heavy atom. The van der Waals surface area contributed by atoms with Crippen LogP contribution in [0.3, 0.4) is 0 Å². The number of carbonyl (C=O) groups excluding carboxylic acids is 2. The SMILES string of the molecule is CCCCNCC(=O)Nc1cccc(C(=O)N2CCCCCC2)c1. The van der Waals surface area contributed by atoms with E-state index in [1.54, 1.807) is 6.07 Å². The van der Waals surface area contributed by atoms with Crippen LogP contribution in [-0.2, 0) is 4.79 Å². The largest absolute Gasteiger partial charge is 0.339 e. The van der Waals surface area contributed by atoms with E-state index in [4.69, 9.17) is 0 Å². The molecule has 2 rings (SSSR count). The maximum atomic E-state index is 12.6. The van der Waals surface area contributed by atoms with Gasteiger partial charge in [0, 0.05) is 24.3 Å². The van der Waals surface area contributed by atoms with Gasteiger partial charge in [-0.15, -0.1) is 0 Å². The van der Waals surface area contributed by atoms with Crippen LogP contribution in [0.2, 0.25) is 0 Å². The van der Waals surface area contributed by atoms with Crippen LogP contribution in [0.4, 0.5) is 5.69 Å². The second-order valence-corrected chi connectivity index (χ2v) is 6.37. The van der Waals surface area contributed by atoms with Crippen molar-refractivity contribution in [3.05, 3.63) is 29.8 Å². The minimum Gasteiger partial charge on any atom is -0.339 e. The molecule has 1 fully saturated rings. The number of hydrogen-bond acceptors (Lipinski definition) is 3. The van der Waals surface area contributed by atoms with Gasteiger partial charge >= 0.3 is 0 Å². The van der Waals surface area contributed by atoms with Crippen LogP contribution in [0.15, 0.2) is 24.3 Å². The van der Waals surface area contributed by atoms with Crippen LogP contribution < -0.4 is 10.6 Å². The molecule has 1 aliphatic rings. The minimum absolute atomic E-state index is 0.0640. The number of benzene rings is 1. The molecule has 0 aromatic heterocycles. The number of hydrogen-bond donors (Lipinski definition) is 2. The van der Waals surface area contributed by atoms with Crippen molar-refractivity contribution in [3.63, 3.8) is 0 Å². The summed E-state index contributed by atoms with van der Waals surface area (Å²) in [6, 6.07) is 7.24. The molecule has 1 aromatic rings. The highest BCUT2D eigenvalue weighted by Crippen LogP contribution is 2.16. The Hall–Kier alpha value is -1.88. The fourth-order valence-corrected chi connectivity index (χ4v) is 2.90. The van der Waals surface area contributed by atoms with Gasteiger partial charge in [0.15, 0.2) is 0 Å². The smallest absolute Gasteiger partial charge is 0.253 e. The average Bonchev–Trinajstić information content (AvgIpc) is 2.88. The van der Waals surface area contributed by atoms with Crippen LogP contribution in [0, 0.1) is 0 Å². The Morgan fingerprint density at radius 1 is 1.12 bits per heavy atom. The molecule has 0 aliphatic carbocycles. The maximum Gasteiger partial charge on any atom is 0.253 e. The maximum absolute atomic E-state index is 12.6. The highest BCUT2D eigenvalue weighted by Gasteiger charge is 2.17. The summed E-state index contributed by atoms with van der Waals surface area (Å²) in [5.41, 5.74) is 1.33. The molecule has 1 heterocycles. The number of unbranched alkanes of at least 4 members (excludes halogenated alkanes) is 1. The normalized spacial score (nSPS) is 15.0. The molecule has 1 aliphatic heterocycles.